The number of amides is 1. The first-order valence-electron chi connectivity index (χ1n) is 6.43. The first-order valence-corrected chi connectivity index (χ1v) is 7.22. The monoisotopic (exact) mass is 343 g/mol. The molecule has 0 spiro atoms. The fourth-order valence-corrected chi connectivity index (χ4v) is 3.12. The zero-order chi connectivity index (χ0) is 14.9. The lowest BCUT2D eigenvalue weighted by molar-refractivity contribution is -0.142. The molecule has 2 rings (SSSR count). The van der Waals surface area contributed by atoms with Crippen molar-refractivity contribution >= 4 is 27.8 Å². The van der Waals surface area contributed by atoms with Crippen molar-refractivity contribution in [2.24, 2.45) is 5.92 Å². The quantitative estimate of drug-likeness (QED) is 0.914. The molecule has 2 unspecified atom stereocenters. The van der Waals surface area contributed by atoms with Crippen molar-refractivity contribution in [2.75, 3.05) is 6.54 Å². The van der Waals surface area contributed by atoms with Gasteiger partial charge in [0.1, 0.15) is 5.82 Å². The molecule has 2 atom stereocenters. The number of carbonyl (C=O) groups excluding carboxylic acids is 1. The topological polar surface area (TPSA) is 57.6 Å². The molecule has 1 fully saturated rings. The van der Waals surface area contributed by atoms with Crippen LogP contribution in [-0.2, 0) is 9.59 Å². The maximum Gasteiger partial charge on any atom is 0.309 e. The Bertz CT molecular complexity index is 549. The van der Waals surface area contributed by atoms with Crippen LogP contribution in [0.25, 0.3) is 0 Å². The summed E-state index contributed by atoms with van der Waals surface area (Å²) in [5.41, 5.74) is 0.511. The summed E-state index contributed by atoms with van der Waals surface area (Å²) in [5, 5.41) is 9.32. The number of hydrogen-bond acceptors (Lipinski definition) is 2. The number of aliphatic carboxylic acids is 1. The minimum Gasteiger partial charge on any atom is -0.481 e. The number of nitrogens with zero attached hydrogens (tertiary/aromatic N) is 1. The molecule has 4 nitrogen and oxygen atoms in total. The highest BCUT2D eigenvalue weighted by Crippen LogP contribution is 2.41. The number of likely N-dealkylation sites (tertiary alicyclic amines) is 1. The molecule has 1 amide bonds. The van der Waals surface area contributed by atoms with Crippen LogP contribution in [-0.4, -0.2) is 28.4 Å². The second-order valence-corrected chi connectivity index (χ2v) is 5.70. The fourth-order valence-electron chi connectivity index (χ4n) is 2.64. The molecule has 1 aliphatic rings. The SMILES string of the molecule is CCCN1C(=O)CC(C(=O)O)C1c1cc(F)ccc1Br. The second-order valence-electron chi connectivity index (χ2n) is 4.85. The van der Waals surface area contributed by atoms with Crippen LogP contribution in [0.1, 0.15) is 31.4 Å². The van der Waals surface area contributed by atoms with Crippen LogP contribution in [0.2, 0.25) is 0 Å². The second kappa shape index (κ2) is 5.91. The van der Waals surface area contributed by atoms with Gasteiger partial charge in [-0.2, -0.15) is 0 Å². The third-order valence-electron chi connectivity index (χ3n) is 3.49. The van der Waals surface area contributed by atoms with E-state index in [1.54, 1.807) is 4.90 Å². The summed E-state index contributed by atoms with van der Waals surface area (Å²) < 4.78 is 14.1. The molecular weight excluding hydrogens is 329 g/mol. The van der Waals surface area contributed by atoms with Gasteiger partial charge < -0.3 is 10.0 Å². The van der Waals surface area contributed by atoms with Gasteiger partial charge in [0, 0.05) is 17.4 Å². The highest BCUT2D eigenvalue weighted by Gasteiger charge is 2.44. The summed E-state index contributed by atoms with van der Waals surface area (Å²) in [6.45, 7) is 2.38. The van der Waals surface area contributed by atoms with Crippen molar-refractivity contribution in [1.29, 1.82) is 0 Å². The molecule has 1 N–H and O–H groups in total. The largest absolute Gasteiger partial charge is 0.481 e. The van der Waals surface area contributed by atoms with E-state index in [9.17, 15) is 19.1 Å². The number of halogens is 2. The Kier molecular flexibility index (Phi) is 4.42. The fraction of sp³-hybridized carbons (Fsp3) is 0.429. The van der Waals surface area contributed by atoms with Crippen LogP contribution in [0.5, 0.6) is 0 Å². The van der Waals surface area contributed by atoms with Gasteiger partial charge >= 0.3 is 5.97 Å². The molecule has 1 saturated heterocycles. The van der Waals surface area contributed by atoms with Gasteiger partial charge in [0.2, 0.25) is 5.91 Å². The Balaban J connectivity index is 2.48. The molecule has 1 aromatic rings. The number of carboxylic acids is 1. The highest BCUT2D eigenvalue weighted by atomic mass is 79.9. The lowest BCUT2D eigenvalue weighted by Gasteiger charge is -2.27. The number of benzene rings is 1. The standard InChI is InChI=1S/C14H15BrFNO3/c1-2-5-17-12(18)7-10(14(19)20)13(17)9-6-8(16)3-4-11(9)15/h3-4,6,10,13H,2,5,7H2,1H3,(H,19,20). The molecule has 1 heterocycles. The van der Waals surface area contributed by atoms with E-state index in [0.717, 1.165) is 6.42 Å². The highest BCUT2D eigenvalue weighted by molar-refractivity contribution is 9.10. The van der Waals surface area contributed by atoms with E-state index in [0.29, 0.717) is 16.6 Å². The predicted molar refractivity (Wildman–Crippen MR) is 74.6 cm³/mol. The first-order chi connectivity index (χ1) is 9.45. The lowest BCUT2D eigenvalue weighted by atomic mass is 9.93. The molecule has 1 aromatic carbocycles. The maximum absolute atomic E-state index is 13.5. The van der Waals surface area contributed by atoms with Crippen LogP contribution in [0.3, 0.4) is 0 Å². The Hall–Kier alpha value is -1.43. The van der Waals surface area contributed by atoms with Gasteiger partial charge in [-0.3, -0.25) is 9.59 Å². The maximum atomic E-state index is 13.5. The molecular formula is C14H15BrFNO3. The van der Waals surface area contributed by atoms with Crippen molar-refractivity contribution in [3.8, 4) is 0 Å². The van der Waals surface area contributed by atoms with Gasteiger partial charge in [-0.15, -0.1) is 0 Å². The number of carboxylic acid groups (broad SMARTS) is 1. The summed E-state index contributed by atoms with van der Waals surface area (Å²) in [6.07, 6.45) is 0.685. The van der Waals surface area contributed by atoms with Gasteiger partial charge in [0.05, 0.1) is 12.0 Å². The Morgan fingerprint density at radius 3 is 2.85 bits per heavy atom. The average molecular weight is 344 g/mol. The summed E-state index contributed by atoms with van der Waals surface area (Å²) in [6, 6.07) is 3.51. The molecule has 0 bridgehead atoms. The summed E-state index contributed by atoms with van der Waals surface area (Å²) in [5.74, 6) is -2.51. The van der Waals surface area contributed by atoms with Crippen molar-refractivity contribution in [1.82, 2.24) is 4.90 Å². The van der Waals surface area contributed by atoms with Crippen molar-refractivity contribution in [2.45, 2.75) is 25.8 Å². The van der Waals surface area contributed by atoms with Gasteiger partial charge in [0.15, 0.2) is 0 Å². The Morgan fingerprint density at radius 1 is 1.55 bits per heavy atom. The lowest BCUT2D eigenvalue weighted by Crippen LogP contribution is -2.31. The Morgan fingerprint density at radius 2 is 2.25 bits per heavy atom. The first kappa shape index (κ1) is 15.0. The molecule has 0 saturated carbocycles. The smallest absolute Gasteiger partial charge is 0.309 e. The van der Waals surface area contributed by atoms with E-state index in [4.69, 9.17) is 0 Å². The van der Waals surface area contributed by atoms with Gasteiger partial charge in [-0.25, -0.2) is 4.39 Å². The third kappa shape index (κ3) is 2.70. The van der Waals surface area contributed by atoms with E-state index in [-0.39, 0.29) is 12.3 Å². The molecule has 108 valence electrons. The minimum atomic E-state index is -1.03. The molecule has 0 aromatic heterocycles. The third-order valence-corrected chi connectivity index (χ3v) is 4.21. The number of carbonyl (C=O) groups is 2. The predicted octanol–water partition coefficient (Wildman–Crippen LogP) is 2.97. The van der Waals surface area contributed by atoms with Gasteiger partial charge in [-0.05, 0) is 30.2 Å². The van der Waals surface area contributed by atoms with Crippen LogP contribution >= 0.6 is 15.9 Å². The number of hydrogen-bond donors (Lipinski definition) is 1. The van der Waals surface area contributed by atoms with Crippen LogP contribution in [0.4, 0.5) is 4.39 Å². The summed E-state index contributed by atoms with van der Waals surface area (Å²) in [4.78, 5) is 24.9. The average Bonchev–Trinajstić information content (AvgIpc) is 2.71. The zero-order valence-corrected chi connectivity index (χ0v) is 12.6. The van der Waals surface area contributed by atoms with E-state index in [2.05, 4.69) is 15.9 Å². The van der Waals surface area contributed by atoms with Gasteiger partial charge in [0.25, 0.3) is 0 Å². The molecule has 0 aliphatic carbocycles. The van der Waals surface area contributed by atoms with Crippen LogP contribution < -0.4 is 0 Å². The normalized spacial score (nSPS) is 22.4. The van der Waals surface area contributed by atoms with Crippen molar-refractivity contribution < 1.29 is 19.1 Å². The van der Waals surface area contributed by atoms with Crippen LogP contribution in [0.15, 0.2) is 22.7 Å². The van der Waals surface area contributed by atoms with Crippen LogP contribution in [0, 0.1) is 11.7 Å². The zero-order valence-electron chi connectivity index (χ0n) is 11.0. The molecule has 1 aliphatic heterocycles. The summed E-state index contributed by atoms with van der Waals surface area (Å²) in [7, 11) is 0. The molecule has 20 heavy (non-hydrogen) atoms. The van der Waals surface area contributed by atoms with E-state index in [1.165, 1.54) is 18.2 Å². The van der Waals surface area contributed by atoms with Crippen molar-refractivity contribution in [3.05, 3.63) is 34.1 Å². The molecule has 6 heteroatoms. The van der Waals surface area contributed by atoms with Gasteiger partial charge in [-0.1, -0.05) is 22.9 Å². The van der Waals surface area contributed by atoms with E-state index < -0.39 is 23.7 Å². The minimum absolute atomic E-state index is 0.0387. The number of rotatable bonds is 4. The van der Waals surface area contributed by atoms with Crippen molar-refractivity contribution in [3.63, 3.8) is 0 Å². The Labute approximate surface area is 124 Å². The summed E-state index contributed by atoms with van der Waals surface area (Å²) >= 11 is 3.32. The van der Waals surface area contributed by atoms with E-state index in [1.807, 2.05) is 6.92 Å². The molecule has 0 radical (unpaired) electrons. The van der Waals surface area contributed by atoms with E-state index >= 15 is 0 Å².